The second-order valence-corrected chi connectivity index (χ2v) is 14.0. The lowest BCUT2D eigenvalue weighted by atomic mass is 9.79. The molecule has 0 saturated heterocycles. The van der Waals surface area contributed by atoms with Gasteiger partial charge in [-0.1, -0.05) is 156 Å². The van der Waals surface area contributed by atoms with Crippen molar-refractivity contribution in [2.75, 3.05) is 20.0 Å². The molecule has 6 heteroatoms. The Balaban J connectivity index is 0.00000218. The quantitative estimate of drug-likeness (QED) is 0.0645. The van der Waals surface area contributed by atoms with Crippen LogP contribution in [0.25, 0.3) is 0 Å². The molecule has 6 nitrogen and oxygen atoms in total. The van der Waals surface area contributed by atoms with Crippen molar-refractivity contribution < 1.29 is 28.5 Å². The van der Waals surface area contributed by atoms with Gasteiger partial charge in [-0.05, 0) is 61.5 Å². The lowest BCUT2D eigenvalue weighted by molar-refractivity contribution is 0.0448. The Morgan fingerprint density at radius 1 is 0.510 bits per heavy atom. The van der Waals surface area contributed by atoms with Crippen molar-refractivity contribution in [1.82, 2.24) is 0 Å². The van der Waals surface area contributed by atoms with Gasteiger partial charge in [0.05, 0.1) is 24.3 Å². The van der Waals surface area contributed by atoms with Gasteiger partial charge < -0.3 is 18.9 Å². The summed E-state index contributed by atoms with van der Waals surface area (Å²) < 4.78 is 20.4. The number of esters is 2. The van der Waals surface area contributed by atoms with Crippen molar-refractivity contribution in [2.24, 2.45) is 23.7 Å². The Bertz CT molecular complexity index is 900. The molecule has 0 aliphatic carbocycles. The van der Waals surface area contributed by atoms with E-state index in [2.05, 4.69) is 51.0 Å². The van der Waals surface area contributed by atoms with Gasteiger partial charge in [0.15, 0.2) is 0 Å². The Morgan fingerprint density at radius 2 is 0.857 bits per heavy atom. The second-order valence-electron chi connectivity index (χ2n) is 14.0. The van der Waals surface area contributed by atoms with E-state index in [1.165, 1.54) is 115 Å². The predicted molar refractivity (Wildman–Crippen MR) is 204 cm³/mol. The van der Waals surface area contributed by atoms with Crippen molar-refractivity contribution in [3.05, 3.63) is 47.9 Å². The summed E-state index contributed by atoms with van der Waals surface area (Å²) >= 11 is 0. The van der Waals surface area contributed by atoms with E-state index >= 15 is 0 Å². The minimum Gasteiger partial charge on any atom is -0.462 e. The first-order valence-corrected chi connectivity index (χ1v) is 20.3. The molecule has 0 fully saturated rings. The normalized spacial score (nSPS) is 14.5. The molecule has 0 radical (unpaired) electrons. The van der Waals surface area contributed by atoms with E-state index in [0.717, 1.165) is 49.4 Å². The highest BCUT2D eigenvalue weighted by atomic mass is 16.7. The number of carbonyl (C=O) groups excluding carboxylic acids is 2. The van der Waals surface area contributed by atoms with E-state index in [4.69, 9.17) is 9.47 Å². The zero-order valence-electron chi connectivity index (χ0n) is 32.5. The van der Waals surface area contributed by atoms with E-state index in [-0.39, 0.29) is 0 Å². The molecule has 0 N–H and O–H groups in total. The predicted octanol–water partition coefficient (Wildman–Crippen LogP) is 12.8. The van der Waals surface area contributed by atoms with Crippen LogP contribution >= 0.6 is 0 Å². The summed E-state index contributed by atoms with van der Waals surface area (Å²) in [6.45, 7) is 14.9. The molecule has 4 atom stereocenters. The fourth-order valence-electron chi connectivity index (χ4n) is 7.42. The third-order valence-corrected chi connectivity index (χ3v) is 9.98. The van der Waals surface area contributed by atoms with Crippen LogP contribution in [0.3, 0.4) is 0 Å². The molecule has 0 aromatic heterocycles. The minimum absolute atomic E-state index is 0.310. The number of ether oxygens (including phenoxy) is 4. The molecule has 4 unspecified atom stereocenters. The van der Waals surface area contributed by atoms with Crippen LogP contribution in [0.4, 0.5) is 0 Å². The van der Waals surface area contributed by atoms with Gasteiger partial charge in [0, 0.05) is 0 Å². The maximum atomic E-state index is 13.0. The number of benzene rings is 1. The lowest BCUT2D eigenvalue weighted by Gasteiger charge is -2.27. The smallest absolute Gasteiger partial charge is 0.339 e. The number of rotatable bonds is 28. The van der Waals surface area contributed by atoms with Crippen molar-refractivity contribution in [2.45, 2.75) is 170 Å². The van der Waals surface area contributed by atoms with Crippen LogP contribution in [0.2, 0.25) is 0 Å². The molecule has 0 saturated carbocycles. The first kappa shape index (κ1) is 44.5. The van der Waals surface area contributed by atoms with E-state index in [1.807, 2.05) is 0 Å². The molecule has 1 heterocycles. The molecular formula is C43H74O6. The van der Waals surface area contributed by atoms with Crippen LogP contribution in [-0.4, -0.2) is 31.9 Å². The van der Waals surface area contributed by atoms with Crippen molar-refractivity contribution >= 4 is 11.9 Å². The highest BCUT2D eigenvalue weighted by Crippen LogP contribution is 2.32. The second kappa shape index (κ2) is 30.3. The fraction of sp³-hybridized carbons (Fsp3) is 0.767. The molecule has 2 rings (SSSR count). The van der Waals surface area contributed by atoms with Gasteiger partial charge in [0.2, 0.25) is 6.79 Å². The molecule has 1 aliphatic rings. The molecule has 0 amide bonds. The SMILES string of the molecule is C1=COCO1.CCCCC(CCC)C(CCC)CCCCOC(=O)c1ccccc1C(=O)OCCCCC(CCC)C(CCC)CCCC. The van der Waals surface area contributed by atoms with Crippen LogP contribution in [0.5, 0.6) is 0 Å². The van der Waals surface area contributed by atoms with Gasteiger partial charge in [0.1, 0.15) is 12.5 Å². The molecule has 282 valence electrons. The Labute approximate surface area is 301 Å². The van der Waals surface area contributed by atoms with Gasteiger partial charge in [-0.3, -0.25) is 0 Å². The van der Waals surface area contributed by atoms with E-state index in [0.29, 0.717) is 31.1 Å². The van der Waals surface area contributed by atoms with Gasteiger partial charge in [0.25, 0.3) is 0 Å². The molecule has 0 spiro atoms. The largest absolute Gasteiger partial charge is 0.462 e. The van der Waals surface area contributed by atoms with Crippen LogP contribution in [-0.2, 0) is 18.9 Å². The number of hydrogen-bond donors (Lipinski definition) is 0. The molecule has 0 bridgehead atoms. The average molecular weight is 687 g/mol. The first-order chi connectivity index (χ1) is 24.0. The number of carbonyl (C=O) groups is 2. The summed E-state index contributed by atoms with van der Waals surface area (Å²) in [5.41, 5.74) is 0.621. The van der Waals surface area contributed by atoms with Crippen molar-refractivity contribution in [3.8, 4) is 0 Å². The topological polar surface area (TPSA) is 71.1 Å². The summed E-state index contributed by atoms with van der Waals surface area (Å²) in [5.74, 6) is 2.34. The van der Waals surface area contributed by atoms with Gasteiger partial charge in [-0.25, -0.2) is 9.59 Å². The van der Waals surface area contributed by atoms with Crippen LogP contribution in [0.1, 0.15) is 191 Å². The van der Waals surface area contributed by atoms with Crippen molar-refractivity contribution in [1.29, 1.82) is 0 Å². The zero-order chi connectivity index (χ0) is 36.0. The Kier molecular flexibility index (Phi) is 27.6. The van der Waals surface area contributed by atoms with Crippen LogP contribution < -0.4 is 0 Å². The van der Waals surface area contributed by atoms with E-state index < -0.39 is 11.9 Å². The Morgan fingerprint density at radius 3 is 1.14 bits per heavy atom. The third kappa shape index (κ3) is 20.1. The number of unbranched alkanes of at least 4 members (excludes halogenated alkanes) is 4. The molecular weight excluding hydrogens is 612 g/mol. The average Bonchev–Trinajstić information content (AvgIpc) is 3.71. The van der Waals surface area contributed by atoms with Gasteiger partial charge in [-0.2, -0.15) is 0 Å². The summed E-state index contributed by atoms with van der Waals surface area (Å²) in [6.07, 6.45) is 27.4. The maximum Gasteiger partial charge on any atom is 0.339 e. The van der Waals surface area contributed by atoms with Crippen molar-refractivity contribution in [3.63, 3.8) is 0 Å². The van der Waals surface area contributed by atoms with Crippen LogP contribution in [0.15, 0.2) is 36.8 Å². The molecule has 1 aromatic carbocycles. The van der Waals surface area contributed by atoms with E-state index in [1.54, 1.807) is 24.3 Å². The number of hydrogen-bond acceptors (Lipinski definition) is 6. The third-order valence-electron chi connectivity index (χ3n) is 9.98. The molecule has 1 aromatic rings. The highest BCUT2D eigenvalue weighted by molar-refractivity contribution is 6.03. The fourth-order valence-corrected chi connectivity index (χ4v) is 7.42. The summed E-state index contributed by atoms with van der Waals surface area (Å²) in [4.78, 5) is 25.9. The summed E-state index contributed by atoms with van der Waals surface area (Å²) in [6, 6.07) is 6.93. The van der Waals surface area contributed by atoms with Gasteiger partial charge >= 0.3 is 11.9 Å². The minimum atomic E-state index is -0.425. The monoisotopic (exact) mass is 687 g/mol. The summed E-state index contributed by atoms with van der Waals surface area (Å²) in [5, 5.41) is 0. The highest BCUT2D eigenvalue weighted by Gasteiger charge is 2.22. The summed E-state index contributed by atoms with van der Waals surface area (Å²) in [7, 11) is 0. The van der Waals surface area contributed by atoms with Gasteiger partial charge in [-0.15, -0.1) is 0 Å². The molecule has 1 aliphatic heterocycles. The zero-order valence-corrected chi connectivity index (χ0v) is 32.5. The molecule has 49 heavy (non-hydrogen) atoms. The Hall–Kier alpha value is -2.50. The van der Waals surface area contributed by atoms with E-state index in [9.17, 15) is 9.59 Å². The van der Waals surface area contributed by atoms with Crippen LogP contribution in [0, 0.1) is 23.7 Å². The standard InChI is InChI=1S/C40H70O4.C3H4O2/c1-7-13-25-33(21-9-3)35(23-11-5)27-17-19-31-43-39(41)37-29-15-16-30-38(37)40(42)44-32-20-18-28-36(24-12-6)34(22-10-4)26-14-8-2;1-2-5-3-4-1/h15-16,29-30,33-36H,7-14,17-28,31-32H2,1-6H3;1-2H,3H2. The first-order valence-electron chi connectivity index (χ1n) is 20.3. The maximum absolute atomic E-state index is 13.0. The lowest BCUT2D eigenvalue weighted by Crippen LogP contribution is -2.17.